The number of carbonyl (C=O) groups is 1. The minimum absolute atomic E-state index is 0.0582. The predicted octanol–water partition coefficient (Wildman–Crippen LogP) is 4.83. The van der Waals surface area contributed by atoms with Gasteiger partial charge in [0.25, 0.3) is 11.5 Å². The van der Waals surface area contributed by atoms with E-state index in [1.807, 2.05) is 22.6 Å². The number of benzene rings is 3. The van der Waals surface area contributed by atoms with Crippen molar-refractivity contribution in [2.45, 2.75) is 13.1 Å². The maximum atomic E-state index is 13.4. The zero-order valence-corrected chi connectivity index (χ0v) is 22.0. The fraction of sp³-hybridized carbons (Fsp3) is 0.154. The Labute approximate surface area is 228 Å². The van der Waals surface area contributed by atoms with Crippen LogP contribution in [0.25, 0.3) is 22.3 Å². The third kappa shape index (κ3) is 5.96. The highest BCUT2D eigenvalue weighted by Gasteiger charge is 2.31. The Balaban J connectivity index is 1.85. The third-order valence-electron chi connectivity index (χ3n) is 5.21. The van der Waals surface area contributed by atoms with Gasteiger partial charge in [-0.2, -0.15) is 22.9 Å². The molecule has 0 radical (unpaired) electrons. The second kappa shape index (κ2) is 11.2. The summed E-state index contributed by atoms with van der Waals surface area (Å²) in [5, 5.41) is 4.55. The molecule has 0 saturated carbocycles. The summed E-state index contributed by atoms with van der Waals surface area (Å²) in [6.07, 6.45) is -3.22. The van der Waals surface area contributed by atoms with Crippen LogP contribution in [-0.4, -0.2) is 35.0 Å². The number of primary amides is 1. The molecule has 0 spiro atoms. The number of alkyl halides is 3. The van der Waals surface area contributed by atoms with Crippen molar-refractivity contribution in [1.82, 2.24) is 9.66 Å². The molecule has 0 unspecified atom stereocenters. The average Bonchev–Trinajstić information content (AvgIpc) is 2.87. The van der Waals surface area contributed by atoms with Crippen molar-refractivity contribution in [3.05, 3.63) is 85.7 Å². The molecule has 4 rings (SSSR count). The molecule has 1 aromatic heterocycles. The minimum Gasteiger partial charge on any atom is -0.490 e. The van der Waals surface area contributed by atoms with Crippen LogP contribution < -0.4 is 20.8 Å². The van der Waals surface area contributed by atoms with Gasteiger partial charge in [0.15, 0.2) is 23.9 Å². The van der Waals surface area contributed by atoms with Crippen molar-refractivity contribution in [3.8, 4) is 22.9 Å². The molecule has 4 aromatic rings. The summed E-state index contributed by atoms with van der Waals surface area (Å²) in [5.41, 5.74) is 4.63. The molecule has 0 aliphatic rings. The first-order valence-corrected chi connectivity index (χ1v) is 12.3. The van der Waals surface area contributed by atoms with Crippen molar-refractivity contribution in [3.63, 3.8) is 0 Å². The molecular weight excluding hydrogens is 616 g/mol. The van der Waals surface area contributed by atoms with Gasteiger partial charge in [0.05, 0.1) is 32.9 Å². The molecule has 3 aromatic carbocycles. The molecule has 1 amide bonds. The average molecular weight is 636 g/mol. The summed E-state index contributed by atoms with van der Waals surface area (Å²) < 4.78 is 52.8. The maximum absolute atomic E-state index is 13.4. The number of amides is 1. The Kier molecular flexibility index (Phi) is 7.99. The van der Waals surface area contributed by atoms with E-state index in [1.54, 1.807) is 43.3 Å². The van der Waals surface area contributed by atoms with Gasteiger partial charge < -0.3 is 15.2 Å². The zero-order valence-electron chi connectivity index (χ0n) is 19.8. The molecule has 0 aliphatic carbocycles. The number of ether oxygens (including phenoxy) is 2. The number of aromatic nitrogens is 2. The highest BCUT2D eigenvalue weighted by molar-refractivity contribution is 14.1. The molecular formula is C26H20F3IN4O4. The van der Waals surface area contributed by atoms with Crippen molar-refractivity contribution < 1.29 is 27.4 Å². The number of hydrogen-bond donors (Lipinski definition) is 1. The summed E-state index contributed by atoms with van der Waals surface area (Å²) in [7, 11) is 0. The molecule has 8 nitrogen and oxygen atoms in total. The van der Waals surface area contributed by atoms with E-state index in [0.29, 0.717) is 32.8 Å². The Morgan fingerprint density at radius 3 is 2.61 bits per heavy atom. The molecule has 38 heavy (non-hydrogen) atoms. The molecule has 1 heterocycles. The number of halogens is 4. The molecule has 12 heteroatoms. The van der Waals surface area contributed by atoms with E-state index in [-0.39, 0.29) is 23.4 Å². The quantitative estimate of drug-likeness (QED) is 0.220. The number of fused-ring (bicyclic) bond motifs is 1. The van der Waals surface area contributed by atoms with Gasteiger partial charge in [0.2, 0.25) is 0 Å². The molecule has 0 aliphatic heterocycles. The summed E-state index contributed by atoms with van der Waals surface area (Å²) in [4.78, 5) is 29.0. The Morgan fingerprint density at radius 2 is 1.89 bits per heavy atom. The van der Waals surface area contributed by atoms with Gasteiger partial charge in [-0.3, -0.25) is 9.59 Å². The van der Waals surface area contributed by atoms with Crippen LogP contribution in [0.2, 0.25) is 0 Å². The fourth-order valence-electron chi connectivity index (χ4n) is 3.59. The van der Waals surface area contributed by atoms with Crippen LogP contribution in [0.3, 0.4) is 0 Å². The van der Waals surface area contributed by atoms with Gasteiger partial charge in [0.1, 0.15) is 0 Å². The van der Waals surface area contributed by atoms with Gasteiger partial charge in [-0.05, 0) is 71.5 Å². The van der Waals surface area contributed by atoms with E-state index in [4.69, 9.17) is 15.2 Å². The SMILES string of the molecule is CCOc1cc(C=Nn2c(-c3cccc(C(F)(F)F)c3)nc3ccccc3c2=O)cc(I)c1OCC(N)=O. The third-order valence-corrected chi connectivity index (χ3v) is 6.02. The first kappa shape index (κ1) is 27.1. The van der Waals surface area contributed by atoms with E-state index in [9.17, 15) is 22.8 Å². The number of carbonyl (C=O) groups excluding carboxylic acids is 1. The number of rotatable bonds is 8. The first-order chi connectivity index (χ1) is 18.1. The van der Waals surface area contributed by atoms with Crippen molar-refractivity contribution >= 4 is 45.6 Å². The Morgan fingerprint density at radius 1 is 1.13 bits per heavy atom. The summed E-state index contributed by atoms with van der Waals surface area (Å²) in [5.74, 6) is -0.0712. The van der Waals surface area contributed by atoms with Gasteiger partial charge in [0, 0.05) is 5.56 Å². The van der Waals surface area contributed by atoms with E-state index >= 15 is 0 Å². The van der Waals surface area contributed by atoms with Crippen LogP contribution in [0.5, 0.6) is 11.5 Å². The maximum Gasteiger partial charge on any atom is 0.416 e. The molecule has 2 N–H and O–H groups in total. The first-order valence-electron chi connectivity index (χ1n) is 11.2. The van der Waals surface area contributed by atoms with E-state index in [1.165, 1.54) is 18.3 Å². The van der Waals surface area contributed by atoms with E-state index in [2.05, 4.69) is 10.1 Å². The number of para-hydroxylation sites is 1. The lowest BCUT2D eigenvalue weighted by atomic mass is 10.1. The van der Waals surface area contributed by atoms with Gasteiger partial charge in [-0.15, -0.1) is 0 Å². The van der Waals surface area contributed by atoms with Crippen molar-refractivity contribution in [2.75, 3.05) is 13.2 Å². The zero-order chi connectivity index (χ0) is 27.4. The highest BCUT2D eigenvalue weighted by Crippen LogP contribution is 2.34. The monoisotopic (exact) mass is 636 g/mol. The second-order valence-corrected chi connectivity index (χ2v) is 9.07. The molecule has 0 fully saturated rings. The lowest BCUT2D eigenvalue weighted by Crippen LogP contribution is -2.21. The van der Waals surface area contributed by atoms with Crippen LogP contribution >= 0.6 is 22.6 Å². The summed E-state index contributed by atoms with van der Waals surface area (Å²) >= 11 is 1.99. The van der Waals surface area contributed by atoms with E-state index in [0.717, 1.165) is 16.8 Å². The second-order valence-electron chi connectivity index (χ2n) is 7.91. The normalized spacial score (nSPS) is 11.7. The van der Waals surface area contributed by atoms with Crippen LogP contribution in [-0.2, 0) is 11.0 Å². The van der Waals surface area contributed by atoms with Crippen LogP contribution in [0, 0.1) is 3.57 Å². The summed E-state index contributed by atoms with van der Waals surface area (Å²) in [6, 6.07) is 14.3. The van der Waals surface area contributed by atoms with Crippen LogP contribution in [0.1, 0.15) is 18.1 Å². The molecule has 196 valence electrons. The smallest absolute Gasteiger partial charge is 0.416 e. The Hall–Kier alpha value is -3.94. The summed E-state index contributed by atoms with van der Waals surface area (Å²) in [6.45, 7) is 1.73. The van der Waals surface area contributed by atoms with Crippen molar-refractivity contribution in [2.24, 2.45) is 10.8 Å². The standard InChI is InChI=1S/C26H20F3IN4O4/c1-2-37-21-11-15(10-19(30)23(21)38-14-22(31)35)13-32-34-24(16-6-5-7-17(12-16)26(27,28)29)33-20-9-4-3-8-18(20)25(34)36/h3-13H,2,14H2,1H3,(H2,31,35). The van der Waals surface area contributed by atoms with E-state index < -0.39 is 23.2 Å². The molecule has 0 atom stereocenters. The van der Waals surface area contributed by atoms with Crippen LogP contribution in [0.4, 0.5) is 13.2 Å². The number of nitrogens with two attached hydrogens (primary N) is 1. The highest BCUT2D eigenvalue weighted by atomic mass is 127. The van der Waals surface area contributed by atoms with Gasteiger partial charge >= 0.3 is 6.18 Å². The van der Waals surface area contributed by atoms with Crippen LogP contribution in [0.15, 0.2) is 70.6 Å². The lowest BCUT2D eigenvalue weighted by molar-refractivity contribution is -0.137. The van der Waals surface area contributed by atoms with Gasteiger partial charge in [-0.25, -0.2) is 4.98 Å². The molecule has 0 bridgehead atoms. The number of nitrogens with zero attached hydrogens (tertiary/aromatic N) is 3. The van der Waals surface area contributed by atoms with Crippen molar-refractivity contribution in [1.29, 1.82) is 0 Å². The predicted molar refractivity (Wildman–Crippen MR) is 144 cm³/mol. The Bertz CT molecular complexity index is 1600. The minimum atomic E-state index is -4.58. The molecule has 0 saturated heterocycles. The lowest BCUT2D eigenvalue weighted by Gasteiger charge is -2.14. The van der Waals surface area contributed by atoms with Gasteiger partial charge in [-0.1, -0.05) is 24.3 Å². The fourth-order valence-corrected chi connectivity index (χ4v) is 4.37. The largest absolute Gasteiger partial charge is 0.490 e. The number of hydrogen-bond acceptors (Lipinski definition) is 6. The topological polar surface area (TPSA) is 109 Å².